The van der Waals surface area contributed by atoms with Crippen LogP contribution in [0.15, 0.2) is 0 Å². The maximum Gasteiger partial charge on any atom is 0.0625 e. The number of nitrogens with one attached hydrogen (secondary N) is 1. The fourth-order valence-corrected chi connectivity index (χ4v) is 2.43. The molecule has 0 bridgehead atoms. The first kappa shape index (κ1) is 10.7. The van der Waals surface area contributed by atoms with Gasteiger partial charge in [-0.25, -0.2) is 0 Å². The Hall–Kier alpha value is -0.830. The standard InChI is InChI=1S/C12H21N3/c1-9-10(2)14-15(3)12(9)8-11-6-4-5-7-13-11/h11,13H,4-8H2,1-3H3. The number of aromatic nitrogens is 2. The molecule has 0 saturated carbocycles. The molecule has 1 aromatic rings. The maximum absolute atomic E-state index is 4.46. The van der Waals surface area contributed by atoms with Crippen LogP contribution in [-0.2, 0) is 13.5 Å². The van der Waals surface area contributed by atoms with Crippen molar-refractivity contribution < 1.29 is 0 Å². The summed E-state index contributed by atoms with van der Waals surface area (Å²) in [5, 5.41) is 8.06. The molecule has 0 aromatic carbocycles. The average Bonchev–Trinajstić information content (AvgIpc) is 2.47. The summed E-state index contributed by atoms with van der Waals surface area (Å²) in [6, 6.07) is 0.659. The van der Waals surface area contributed by atoms with Crippen molar-refractivity contribution in [1.29, 1.82) is 0 Å². The summed E-state index contributed by atoms with van der Waals surface area (Å²) in [6.45, 7) is 5.45. The van der Waals surface area contributed by atoms with Gasteiger partial charge in [-0.2, -0.15) is 5.10 Å². The van der Waals surface area contributed by atoms with Crippen molar-refractivity contribution in [3.05, 3.63) is 17.0 Å². The highest BCUT2D eigenvalue weighted by molar-refractivity contribution is 5.24. The Kier molecular flexibility index (Phi) is 3.10. The Balaban J connectivity index is 2.09. The zero-order valence-corrected chi connectivity index (χ0v) is 10.0. The molecule has 1 aliphatic rings. The Bertz CT molecular complexity index is 335. The zero-order chi connectivity index (χ0) is 10.8. The van der Waals surface area contributed by atoms with Crippen LogP contribution in [0.3, 0.4) is 0 Å². The van der Waals surface area contributed by atoms with Gasteiger partial charge >= 0.3 is 0 Å². The number of nitrogens with zero attached hydrogens (tertiary/aromatic N) is 2. The van der Waals surface area contributed by atoms with E-state index in [9.17, 15) is 0 Å². The summed E-state index contributed by atoms with van der Waals surface area (Å²) in [7, 11) is 2.05. The van der Waals surface area contributed by atoms with E-state index in [1.165, 1.54) is 42.8 Å². The quantitative estimate of drug-likeness (QED) is 0.800. The molecule has 3 nitrogen and oxygen atoms in total. The Morgan fingerprint density at radius 1 is 1.40 bits per heavy atom. The van der Waals surface area contributed by atoms with E-state index >= 15 is 0 Å². The van der Waals surface area contributed by atoms with Crippen molar-refractivity contribution in [1.82, 2.24) is 15.1 Å². The van der Waals surface area contributed by atoms with E-state index in [1.54, 1.807) is 0 Å². The van der Waals surface area contributed by atoms with E-state index in [-0.39, 0.29) is 0 Å². The molecule has 15 heavy (non-hydrogen) atoms. The molecule has 1 unspecified atom stereocenters. The minimum absolute atomic E-state index is 0.659. The molecule has 2 heterocycles. The van der Waals surface area contributed by atoms with Gasteiger partial charge in [0, 0.05) is 25.2 Å². The average molecular weight is 207 g/mol. The first-order valence-electron chi connectivity index (χ1n) is 5.91. The van der Waals surface area contributed by atoms with E-state index in [0.29, 0.717) is 6.04 Å². The van der Waals surface area contributed by atoms with Crippen LogP contribution in [-0.4, -0.2) is 22.4 Å². The molecule has 1 aliphatic heterocycles. The first-order valence-corrected chi connectivity index (χ1v) is 5.91. The maximum atomic E-state index is 4.46. The molecule has 1 fully saturated rings. The predicted octanol–water partition coefficient (Wildman–Crippen LogP) is 1.72. The van der Waals surface area contributed by atoms with Crippen molar-refractivity contribution in [2.45, 2.75) is 45.6 Å². The monoisotopic (exact) mass is 207 g/mol. The minimum atomic E-state index is 0.659. The lowest BCUT2D eigenvalue weighted by atomic mass is 9.99. The molecule has 2 rings (SSSR count). The third kappa shape index (κ3) is 2.23. The highest BCUT2D eigenvalue weighted by Gasteiger charge is 2.17. The van der Waals surface area contributed by atoms with Crippen molar-refractivity contribution in [2.24, 2.45) is 7.05 Å². The minimum Gasteiger partial charge on any atom is -0.314 e. The topological polar surface area (TPSA) is 29.9 Å². The molecule has 1 atom stereocenters. The summed E-state index contributed by atoms with van der Waals surface area (Å²) in [4.78, 5) is 0. The van der Waals surface area contributed by atoms with Crippen LogP contribution in [0.1, 0.15) is 36.2 Å². The van der Waals surface area contributed by atoms with Crippen molar-refractivity contribution in [2.75, 3.05) is 6.54 Å². The fraction of sp³-hybridized carbons (Fsp3) is 0.750. The van der Waals surface area contributed by atoms with E-state index in [4.69, 9.17) is 0 Å². The van der Waals surface area contributed by atoms with Crippen LogP contribution in [0.2, 0.25) is 0 Å². The van der Waals surface area contributed by atoms with Crippen LogP contribution in [0.25, 0.3) is 0 Å². The van der Waals surface area contributed by atoms with Crippen LogP contribution >= 0.6 is 0 Å². The molecule has 0 spiro atoms. The Morgan fingerprint density at radius 2 is 2.20 bits per heavy atom. The van der Waals surface area contributed by atoms with Gasteiger partial charge in [0.2, 0.25) is 0 Å². The summed E-state index contributed by atoms with van der Waals surface area (Å²) in [6.07, 6.45) is 5.14. The smallest absolute Gasteiger partial charge is 0.0625 e. The fourth-order valence-electron chi connectivity index (χ4n) is 2.43. The predicted molar refractivity (Wildman–Crippen MR) is 62.0 cm³/mol. The second-order valence-electron chi connectivity index (χ2n) is 4.63. The number of hydrogen-bond donors (Lipinski definition) is 1. The molecule has 0 aliphatic carbocycles. The highest BCUT2D eigenvalue weighted by atomic mass is 15.3. The van der Waals surface area contributed by atoms with Gasteiger partial charge in [-0.15, -0.1) is 0 Å². The largest absolute Gasteiger partial charge is 0.314 e. The van der Waals surface area contributed by atoms with Gasteiger partial charge in [-0.1, -0.05) is 6.42 Å². The second-order valence-corrected chi connectivity index (χ2v) is 4.63. The van der Waals surface area contributed by atoms with Gasteiger partial charge in [0.15, 0.2) is 0 Å². The number of aryl methyl sites for hydroxylation is 2. The zero-order valence-electron chi connectivity index (χ0n) is 10.0. The molecule has 1 saturated heterocycles. The van der Waals surface area contributed by atoms with Gasteiger partial charge < -0.3 is 5.32 Å². The van der Waals surface area contributed by atoms with Gasteiger partial charge in [-0.3, -0.25) is 4.68 Å². The third-order valence-corrected chi connectivity index (χ3v) is 3.52. The summed E-state index contributed by atoms with van der Waals surface area (Å²) in [5.41, 5.74) is 3.93. The van der Waals surface area contributed by atoms with Crippen LogP contribution < -0.4 is 5.32 Å². The Morgan fingerprint density at radius 3 is 2.73 bits per heavy atom. The molecule has 3 heteroatoms. The molecule has 0 amide bonds. The lowest BCUT2D eigenvalue weighted by molar-refractivity contribution is 0.392. The highest BCUT2D eigenvalue weighted by Crippen LogP contribution is 2.17. The summed E-state index contributed by atoms with van der Waals surface area (Å²) >= 11 is 0. The van der Waals surface area contributed by atoms with E-state index in [0.717, 1.165) is 6.42 Å². The molecule has 1 N–H and O–H groups in total. The van der Waals surface area contributed by atoms with Crippen LogP contribution in [0, 0.1) is 13.8 Å². The van der Waals surface area contributed by atoms with Crippen molar-refractivity contribution in [3.63, 3.8) is 0 Å². The van der Waals surface area contributed by atoms with Crippen LogP contribution in [0.4, 0.5) is 0 Å². The SMILES string of the molecule is Cc1nn(C)c(CC2CCCCN2)c1C. The van der Waals surface area contributed by atoms with E-state index in [2.05, 4.69) is 31.3 Å². The van der Waals surface area contributed by atoms with Gasteiger partial charge in [0.1, 0.15) is 0 Å². The molecule has 0 radical (unpaired) electrons. The number of hydrogen-bond acceptors (Lipinski definition) is 2. The molecular formula is C12H21N3. The normalized spacial score (nSPS) is 21.9. The van der Waals surface area contributed by atoms with Gasteiger partial charge in [-0.05, 0) is 38.8 Å². The lowest BCUT2D eigenvalue weighted by Gasteiger charge is -2.23. The number of rotatable bonds is 2. The molecular weight excluding hydrogens is 186 g/mol. The first-order chi connectivity index (χ1) is 7.18. The van der Waals surface area contributed by atoms with Crippen molar-refractivity contribution in [3.8, 4) is 0 Å². The van der Waals surface area contributed by atoms with E-state index in [1.807, 2.05) is 4.68 Å². The van der Waals surface area contributed by atoms with Crippen LogP contribution in [0.5, 0.6) is 0 Å². The molecule has 1 aromatic heterocycles. The van der Waals surface area contributed by atoms with E-state index < -0.39 is 0 Å². The Labute approximate surface area is 91.9 Å². The van der Waals surface area contributed by atoms with Gasteiger partial charge in [0.25, 0.3) is 0 Å². The number of piperidine rings is 1. The van der Waals surface area contributed by atoms with Gasteiger partial charge in [0.05, 0.1) is 5.69 Å². The second kappa shape index (κ2) is 4.35. The summed E-state index contributed by atoms with van der Waals surface area (Å²) in [5.74, 6) is 0. The van der Waals surface area contributed by atoms with Crippen molar-refractivity contribution >= 4 is 0 Å². The third-order valence-electron chi connectivity index (χ3n) is 3.52. The lowest BCUT2D eigenvalue weighted by Crippen LogP contribution is -2.36. The summed E-state index contributed by atoms with van der Waals surface area (Å²) < 4.78 is 2.04. The molecule has 84 valence electrons.